The van der Waals surface area contributed by atoms with Crippen molar-refractivity contribution >= 4 is 26.5 Å². The molecule has 6 nitrogen and oxygen atoms in total. The van der Waals surface area contributed by atoms with Crippen molar-refractivity contribution in [1.82, 2.24) is 9.55 Å². The molecule has 0 atom stereocenters. The Morgan fingerprint density at radius 3 is 2.52 bits per heavy atom. The number of Topliss-reactive ketones (excluding diaryl/α,β-unsaturated/α-hetero) is 1. The SMILES string of the molecule is CCCS(=O)(=O)CC(=O)c1cccc(Cn2c(-c3ccccc3)cc3cc(OC)ccc32)n1. The van der Waals surface area contributed by atoms with Gasteiger partial charge in [0.05, 0.1) is 25.1 Å². The van der Waals surface area contributed by atoms with E-state index in [-0.39, 0.29) is 11.4 Å². The Balaban J connectivity index is 1.72. The molecule has 4 rings (SSSR count). The molecule has 0 aliphatic heterocycles. The third-order valence-electron chi connectivity index (χ3n) is 5.46. The van der Waals surface area contributed by atoms with Crippen LogP contribution in [-0.2, 0) is 16.4 Å². The molecule has 170 valence electrons. The fourth-order valence-corrected chi connectivity index (χ4v) is 5.25. The van der Waals surface area contributed by atoms with Crippen LogP contribution >= 0.6 is 0 Å². The Morgan fingerprint density at radius 2 is 1.79 bits per heavy atom. The highest BCUT2D eigenvalue weighted by atomic mass is 32.2. The summed E-state index contributed by atoms with van der Waals surface area (Å²) in [6.45, 7) is 2.21. The number of nitrogens with zero attached hydrogens (tertiary/aromatic N) is 2. The fourth-order valence-electron chi connectivity index (χ4n) is 3.94. The maximum absolute atomic E-state index is 12.6. The van der Waals surface area contributed by atoms with Crippen LogP contribution in [0.4, 0.5) is 0 Å². The first-order valence-corrected chi connectivity index (χ1v) is 12.6. The van der Waals surface area contributed by atoms with Crippen molar-refractivity contribution in [3.63, 3.8) is 0 Å². The van der Waals surface area contributed by atoms with E-state index >= 15 is 0 Å². The molecule has 7 heteroatoms. The standard InChI is InChI=1S/C26H26N2O4S/c1-3-14-33(30,31)18-26(29)23-11-7-10-21(27-23)17-28-24-13-12-22(32-2)15-20(24)16-25(28)19-8-5-4-6-9-19/h4-13,15-16H,3,14,17-18H2,1-2H3. The van der Waals surface area contributed by atoms with E-state index in [4.69, 9.17) is 4.74 Å². The topological polar surface area (TPSA) is 78.3 Å². The van der Waals surface area contributed by atoms with E-state index in [1.54, 1.807) is 26.2 Å². The summed E-state index contributed by atoms with van der Waals surface area (Å²) in [6.07, 6.45) is 0.483. The van der Waals surface area contributed by atoms with Gasteiger partial charge in [-0.25, -0.2) is 13.4 Å². The van der Waals surface area contributed by atoms with Crippen LogP contribution in [0, 0.1) is 0 Å². The third-order valence-corrected chi connectivity index (χ3v) is 7.19. The Bertz CT molecular complexity index is 1390. The van der Waals surface area contributed by atoms with Gasteiger partial charge in [0.2, 0.25) is 0 Å². The molecule has 2 heterocycles. The van der Waals surface area contributed by atoms with Gasteiger partial charge in [0.25, 0.3) is 0 Å². The first-order valence-electron chi connectivity index (χ1n) is 10.8. The molecule has 0 fully saturated rings. The molecule has 0 aliphatic carbocycles. The van der Waals surface area contributed by atoms with E-state index in [1.165, 1.54) is 0 Å². The summed E-state index contributed by atoms with van der Waals surface area (Å²) < 4.78 is 31.7. The van der Waals surface area contributed by atoms with Gasteiger partial charge < -0.3 is 9.30 Å². The number of hydrogen-bond donors (Lipinski definition) is 0. The van der Waals surface area contributed by atoms with Crippen LogP contribution in [0.25, 0.3) is 22.2 Å². The molecule has 2 aromatic heterocycles. The molecule has 0 amide bonds. The summed E-state index contributed by atoms with van der Waals surface area (Å²) in [5.74, 6) is -0.217. The lowest BCUT2D eigenvalue weighted by molar-refractivity contribution is 0.101. The summed E-state index contributed by atoms with van der Waals surface area (Å²) in [4.78, 5) is 17.1. The fraction of sp³-hybridized carbons (Fsp3) is 0.231. The monoisotopic (exact) mass is 462 g/mol. The van der Waals surface area contributed by atoms with Crippen LogP contribution in [0.5, 0.6) is 5.75 Å². The van der Waals surface area contributed by atoms with Gasteiger partial charge in [-0.3, -0.25) is 4.79 Å². The van der Waals surface area contributed by atoms with E-state index < -0.39 is 21.4 Å². The van der Waals surface area contributed by atoms with E-state index in [0.29, 0.717) is 18.7 Å². The minimum Gasteiger partial charge on any atom is -0.497 e. The molecule has 0 bridgehead atoms. The molecule has 0 aliphatic rings. The van der Waals surface area contributed by atoms with Crippen molar-refractivity contribution in [2.45, 2.75) is 19.9 Å². The summed E-state index contributed by atoms with van der Waals surface area (Å²) in [7, 11) is -1.78. The van der Waals surface area contributed by atoms with Gasteiger partial charge in [-0.05, 0) is 48.4 Å². The highest BCUT2D eigenvalue weighted by Crippen LogP contribution is 2.31. The Labute approximate surface area is 193 Å². The molecule has 0 radical (unpaired) electrons. The van der Waals surface area contributed by atoms with Gasteiger partial charge in [-0.1, -0.05) is 43.3 Å². The number of aromatic nitrogens is 2. The lowest BCUT2D eigenvalue weighted by atomic mass is 10.1. The highest BCUT2D eigenvalue weighted by Gasteiger charge is 2.19. The Morgan fingerprint density at radius 1 is 1.00 bits per heavy atom. The number of ketones is 1. The first-order chi connectivity index (χ1) is 15.9. The molecular weight excluding hydrogens is 436 g/mol. The molecule has 0 saturated carbocycles. The van der Waals surface area contributed by atoms with Crippen LogP contribution in [-0.4, -0.2) is 42.4 Å². The average Bonchev–Trinajstić information content (AvgIpc) is 3.17. The molecule has 0 unspecified atom stereocenters. The maximum atomic E-state index is 12.6. The molecule has 4 aromatic rings. The smallest absolute Gasteiger partial charge is 0.196 e. The summed E-state index contributed by atoms with van der Waals surface area (Å²) >= 11 is 0. The molecule has 0 N–H and O–H groups in total. The molecule has 2 aromatic carbocycles. The number of fused-ring (bicyclic) bond motifs is 1. The van der Waals surface area contributed by atoms with Crippen molar-refractivity contribution in [3.05, 3.63) is 84.2 Å². The number of ether oxygens (including phenoxy) is 1. The van der Waals surface area contributed by atoms with E-state index in [9.17, 15) is 13.2 Å². The third kappa shape index (κ3) is 5.14. The summed E-state index contributed by atoms with van der Waals surface area (Å²) in [5.41, 5.74) is 3.94. The zero-order chi connectivity index (χ0) is 23.4. The number of rotatable bonds is 9. The number of pyridine rings is 1. The Hall–Kier alpha value is -3.45. The maximum Gasteiger partial charge on any atom is 0.196 e. The quantitative estimate of drug-likeness (QED) is 0.335. The van der Waals surface area contributed by atoms with Crippen LogP contribution in [0.15, 0.2) is 72.8 Å². The number of hydrogen-bond acceptors (Lipinski definition) is 5. The first kappa shape index (κ1) is 22.7. The van der Waals surface area contributed by atoms with Gasteiger partial charge in [-0.15, -0.1) is 0 Å². The minimum atomic E-state index is -3.43. The van der Waals surface area contributed by atoms with Crippen LogP contribution in [0.1, 0.15) is 29.5 Å². The lowest BCUT2D eigenvalue weighted by Crippen LogP contribution is -2.20. The minimum absolute atomic E-state index is 0.00230. The largest absolute Gasteiger partial charge is 0.497 e. The van der Waals surface area contributed by atoms with Crippen LogP contribution in [0.2, 0.25) is 0 Å². The Kier molecular flexibility index (Phi) is 6.60. The highest BCUT2D eigenvalue weighted by molar-refractivity contribution is 7.92. The second-order valence-corrected chi connectivity index (χ2v) is 10.1. The normalized spacial score (nSPS) is 11.6. The lowest BCUT2D eigenvalue weighted by Gasteiger charge is -2.12. The van der Waals surface area contributed by atoms with Crippen LogP contribution < -0.4 is 4.74 Å². The predicted molar refractivity (Wildman–Crippen MR) is 131 cm³/mol. The second-order valence-electron chi connectivity index (χ2n) is 7.94. The summed E-state index contributed by atoms with van der Waals surface area (Å²) in [6, 6.07) is 23.3. The number of sulfone groups is 1. The van der Waals surface area contributed by atoms with Crippen molar-refractivity contribution < 1.29 is 17.9 Å². The van der Waals surface area contributed by atoms with Gasteiger partial charge >= 0.3 is 0 Å². The number of carbonyl (C=O) groups excluding carboxylic acids is 1. The summed E-state index contributed by atoms with van der Waals surface area (Å²) in [5, 5.41) is 1.03. The van der Waals surface area contributed by atoms with Crippen molar-refractivity contribution in [1.29, 1.82) is 0 Å². The van der Waals surface area contributed by atoms with Gasteiger partial charge in [0.1, 0.15) is 17.2 Å². The van der Waals surface area contributed by atoms with Crippen molar-refractivity contribution in [2.75, 3.05) is 18.6 Å². The van der Waals surface area contributed by atoms with Gasteiger partial charge in [-0.2, -0.15) is 0 Å². The molecule has 33 heavy (non-hydrogen) atoms. The number of benzene rings is 2. The molecular formula is C26H26N2O4S. The number of carbonyl (C=O) groups is 1. The second kappa shape index (κ2) is 9.58. The van der Waals surface area contributed by atoms with Gasteiger partial charge in [0, 0.05) is 16.6 Å². The predicted octanol–water partition coefficient (Wildman–Crippen LogP) is 4.77. The molecule has 0 saturated heterocycles. The average molecular weight is 463 g/mol. The van der Waals surface area contributed by atoms with Crippen molar-refractivity contribution in [2.24, 2.45) is 0 Å². The van der Waals surface area contributed by atoms with E-state index in [2.05, 4.69) is 15.6 Å². The van der Waals surface area contributed by atoms with Crippen LogP contribution in [0.3, 0.4) is 0 Å². The zero-order valence-corrected chi connectivity index (χ0v) is 19.5. The zero-order valence-electron chi connectivity index (χ0n) is 18.7. The molecule has 0 spiro atoms. The van der Waals surface area contributed by atoms with Crippen molar-refractivity contribution in [3.8, 4) is 17.0 Å². The van der Waals surface area contributed by atoms with E-state index in [0.717, 1.165) is 27.9 Å². The van der Waals surface area contributed by atoms with E-state index in [1.807, 2.05) is 54.6 Å². The van der Waals surface area contributed by atoms with Gasteiger partial charge in [0.15, 0.2) is 15.6 Å². The number of methoxy groups -OCH3 is 1.